The van der Waals surface area contributed by atoms with E-state index in [1.807, 2.05) is 43.0 Å². The van der Waals surface area contributed by atoms with E-state index in [1.165, 1.54) is 50.1 Å². The van der Waals surface area contributed by atoms with Crippen molar-refractivity contribution in [3.8, 4) is 33.6 Å². The number of dihydropyridines is 1. The molecule has 2 aliphatic heterocycles. The number of hydrogen-bond donors (Lipinski definition) is 2. The zero-order valence-electron chi connectivity index (χ0n) is 35.8. The molecule has 2 unspecified atom stereocenters. The van der Waals surface area contributed by atoms with Crippen LogP contribution in [0.4, 0.5) is 0 Å². The SMILES string of the molecule is Cc1cc(C2(c3ccc(-c4ccc5ccc6ccnc6c5[nH]4)c(C)c3)c3cc(C4=[N+]=CC=C4)ccc3-c3ccc(-c4ccccn4)cc32)ccc1C1=CC=C2C=Cc3cccnc3C2N1. The van der Waals surface area contributed by atoms with Crippen LogP contribution in [-0.4, -0.2) is 31.9 Å². The molecule has 0 spiro atoms. The Labute approximate surface area is 376 Å². The second kappa shape index (κ2) is 14.3. The first kappa shape index (κ1) is 37.1. The Hall–Kier alpha value is -8.44. The molecule has 0 saturated carbocycles. The van der Waals surface area contributed by atoms with E-state index in [1.54, 1.807) is 0 Å². The van der Waals surface area contributed by atoms with Gasteiger partial charge in [0.1, 0.15) is 0 Å². The Bertz CT molecular complexity index is 3710. The summed E-state index contributed by atoms with van der Waals surface area (Å²) in [6.45, 7) is 4.48. The molecule has 6 heterocycles. The summed E-state index contributed by atoms with van der Waals surface area (Å²) in [6, 6.07) is 49.0. The molecule has 0 fully saturated rings. The standard InChI is InChI=1S/C59H41N6/c1-35-31-43(18-22-45(35)53-24-16-38-11-10-37-7-5-29-62-55(37)57(38)64-53)59(44-19-23-46(36(2)32-44)54-25-17-39-12-13-40-26-30-63-56(40)58(39)65-54)49-33-41(51-8-3-4-27-60-51)14-20-47(49)48-21-15-42(34-50(48)59)52-9-6-28-61-52/h3-34,57,64-65H,1-2H3/q+1. The lowest BCUT2D eigenvalue weighted by Crippen LogP contribution is -2.30. The van der Waals surface area contributed by atoms with Gasteiger partial charge in [-0.05, 0) is 124 Å². The molecule has 4 aromatic heterocycles. The number of nitrogens with zero attached hydrogens (tertiary/aromatic N) is 4. The zero-order chi connectivity index (χ0) is 43.2. The van der Waals surface area contributed by atoms with E-state index in [-0.39, 0.29) is 6.04 Å². The lowest BCUT2D eigenvalue weighted by Gasteiger charge is -2.35. The third-order valence-electron chi connectivity index (χ3n) is 13.9. The van der Waals surface area contributed by atoms with Crippen molar-refractivity contribution in [3.63, 3.8) is 0 Å². The lowest BCUT2D eigenvalue weighted by molar-refractivity contribution is 0.703. The smallest absolute Gasteiger partial charge is 0.334 e. The highest BCUT2D eigenvalue weighted by molar-refractivity contribution is 6.14. The minimum Gasteiger partial charge on any atom is -0.372 e. The van der Waals surface area contributed by atoms with Gasteiger partial charge in [-0.1, -0.05) is 108 Å². The summed E-state index contributed by atoms with van der Waals surface area (Å²) in [4.78, 5) is 18.2. The number of aryl methyl sites for hydroxylation is 2. The molecular formula is C59H41N6+. The van der Waals surface area contributed by atoms with Gasteiger partial charge in [0, 0.05) is 69.6 Å². The monoisotopic (exact) mass is 833 g/mol. The quantitative estimate of drug-likeness (QED) is 0.164. The molecule has 0 bridgehead atoms. The summed E-state index contributed by atoms with van der Waals surface area (Å²) in [5, 5.41) is 6.15. The normalized spacial score (nSPS) is 17.6. The van der Waals surface area contributed by atoms with E-state index in [9.17, 15) is 0 Å². The molecule has 6 heteroatoms. The highest BCUT2D eigenvalue weighted by Gasteiger charge is 2.47. The van der Waals surface area contributed by atoms with Crippen LogP contribution in [0, 0.1) is 13.8 Å². The molecule has 65 heavy (non-hydrogen) atoms. The Morgan fingerprint density at radius 3 is 2.12 bits per heavy atom. The van der Waals surface area contributed by atoms with E-state index < -0.39 is 5.41 Å². The number of nitrogens with one attached hydrogen (secondary N) is 2. The van der Waals surface area contributed by atoms with E-state index in [2.05, 4.69) is 176 Å². The number of H-pyrrole nitrogens is 1. The van der Waals surface area contributed by atoms with Crippen molar-refractivity contribution in [2.45, 2.75) is 25.3 Å². The molecule has 2 atom stereocenters. The summed E-state index contributed by atoms with van der Waals surface area (Å²) in [5.74, 6) is 0. The van der Waals surface area contributed by atoms with Crippen LogP contribution in [-0.2, 0) is 5.41 Å². The molecule has 9 aromatic rings. The maximum Gasteiger partial charge on any atom is 0.334 e. The Kier molecular flexibility index (Phi) is 8.17. The average molecular weight is 834 g/mol. The number of allylic oxidation sites excluding steroid dienone is 4. The molecule has 5 aromatic carbocycles. The Morgan fingerprint density at radius 2 is 1.34 bits per heavy atom. The number of aromatic amines is 1. The fraction of sp³-hybridized carbons (Fsp3) is 0.0678. The average Bonchev–Trinajstić information content (AvgIpc) is 4.14. The third-order valence-corrected chi connectivity index (χ3v) is 13.9. The topological polar surface area (TPSA) is 80.6 Å². The fourth-order valence-electron chi connectivity index (χ4n) is 10.8. The van der Waals surface area contributed by atoms with Gasteiger partial charge in [0.15, 0.2) is 0 Å². The predicted molar refractivity (Wildman–Crippen MR) is 266 cm³/mol. The largest absolute Gasteiger partial charge is 0.372 e. The second-order valence-electron chi connectivity index (χ2n) is 17.5. The van der Waals surface area contributed by atoms with E-state index >= 15 is 0 Å². The van der Waals surface area contributed by atoms with Crippen LogP contribution in [0.3, 0.4) is 0 Å². The van der Waals surface area contributed by atoms with Gasteiger partial charge >= 0.3 is 5.71 Å². The molecule has 2 aliphatic carbocycles. The highest BCUT2D eigenvalue weighted by atomic mass is 15.0. The number of pyridine rings is 3. The number of aromatic nitrogens is 4. The number of benzene rings is 5. The van der Waals surface area contributed by atoms with Crippen molar-refractivity contribution in [1.82, 2.24) is 29.9 Å². The molecule has 6 nitrogen and oxygen atoms in total. The lowest BCUT2D eigenvalue weighted by atomic mass is 9.66. The molecule has 4 aliphatic rings. The molecule has 0 amide bonds. The summed E-state index contributed by atoms with van der Waals surface area (Å²) >= 11 is 0. The Balaban J connectivity index is 1.03. The van der Waals surface area contributed by atoms with Gasteiger partial charge in [0.25, 0.3) is 6.21 Å². The first-order chi connectivity index (χ1) is 32.0. The van der Waals surface area contributed by atoms with Crippen molar-refractivity contribution in [2.24, 2.45) is 0 Å². The van der Waals surface area contributed by atoms with Gasteiger partial charge in [-0.2, -0.15) is 0 Å². The summed E-state index contributed by atoms with van der Waals surface area (Å²) in [6.07, 6.45) is 20.4. The third kappa shape index (κ3) is 5.68. The summed E-state index contributed by atoms with van der Waals surface area (Å²) < 4.78 is 4.78. The highest BCUT2D eigenvalue weighted by Crippen LogP contribution is 2.58. The minimum atomic E-state index is -0.707. The van der Waals surface area contributed by atoms with Crippen LogP contribution in [0.25, 0.3) is 67.2 Å². The van der Waals surface area contributed by atoms with Gasteiger partial charge in [0.05, 0.1) is 39.4 Å². The predicted octanol–water partition coefficient (Wildman–Crippen LogP) is 12.0. The van der Waals surface area contributed by atoms with E-state index in [0.717, 1.165) is 78.1 Å². The molecule has 2 N–H and O–H groups in total. The van der Waals surface area contributed by atoms with Crippen LogP contribution in [0.2, 0.25) is 0 Å². The van der Waals surface area contributed by atoms with Crippen LogP contribution in [0.15, 0.2) is 188 Å². The number of rotatable bonds is 6. The van der Waals surface area contributed by atoms with Gasteiger partial charge in [-0.25, -0.2) is 0 Å². The zero-order valence-corrected chi connectivity index (χ0v) is 35.8. The first-order valence-electron chi connectivity index (χ1n) is 22.2. The minimum absolute atomic E-state index is 0.0169. The first-order valence-corrected chi connectivity index (χ1v) is 22.2. The van der Waals surface area contributed by atoms with Crippen LogP contribution >= 0.6 is 0 Å². The van der Waals surface area contributed by atoms with E-state index in [4.69, 9.17) is 19.6 Å². The van der Waals surface area contributed by atoms with Gasteiger partial charge in [-0.3, -0.25) is 15.0 Å². The summed E-state index contributed by atoms with van der Waals surface area (Å²) in [7, 11) is 0. The second-order valence-corrected chi connectivity index (χ2v) is 17.5. The maximum absolute atomic E-state index is 4.84. The van der Waals surface area contributed by atoms with Crippen molar-refractivity contribution < 1.29 is 0 Å². The number of fused-ring (bicyclic) bond motifs is 9. The van der Waals surface area contributed by atoms with Gasteiger partial charge < -0.3 is 10.3 Å². The Morgan fingerprint density at radius 1 is 0.585 bits per heavy atom. The van der Waals surface area contributed by atoms with Gasteiger partial charge in [-0.15, -0.1) is 0 Å². The van der Waals surface area contributed by atoms with Crippen LogP contribution in [0.5, 0.6) is 0 Å². The van der Waals surface area contributed by atoms with Crippen molar-refractivity contribution >= 4 is 45.5 Å². The summed E-state index contributed by atoms with van der Waals surface area (Å²) in [5.41, 5.74) is 22.9. The fourth-order valence-corrected chi connectivity index (χ4v) is 10.8. The van der Waals surface area contributed by atoms with Crippen molar-refractivity contribution in [2.75, 3.05) is 0 Å². The molecule has 13 rings (SSSR count). The van der Waals surface area contributed by atoms with E-state index in [0.29, 0.717) is 0 Å². The maximum atomic E-state index is 4.84. The molecular weight excluding hydrogens is 793 g/mol. The molecule has 306 valence electrons. The van der Waals surface area contributed by atoms with Crippen LogP contribution < -0.4 is 9.98 Å². The van der Waals surface area contributed by atoms with Crippen LogP contribution in [0.1, 0.15) is 61.8 Å². The number of hydrogen-bond acceptors (Lipinski definition) is 4. The molecule has 0 radical (unpaired) electrons. The van der Waals surface area contributed by atoms with Crippen molar-refractivity contribution in [1.29, 1.82) is 0 Å². The van der Waals surface area contributed by atoms with Crippen molar-refractivity contribution in [3.05, 3.63) is 244 Å². The molecule has 0 saturated heterocycles. The van der Waals surface area contributed by atoms with Gasteiger partial charge in [0.2, 0.25) is 0 Å².